The van der Waals surface area contributed by atoms with Crippen LogP contribution >= 0.6 is 11.3 Å². The standard InChI is InChI=1S/C26H15N3O2S/c27-16-17-7-9-18(10-8-17)19-11-13-20(14-12-19)31-26(30)21-4-3-15-28-24(21)25-29-22-5-1-2-6-23(22)32-25/h1-15H. The second-order valence-corrected chi connectivity index (χ2v) is 8.02. The average Bonchev–Trinajstić information content (AvgIpc) is 3.29. The van der Waals surface area contributed by atoms with E-state index in [4.69, 9.17) is 10.00 Å². The lowest BCUT2D eigenvalue weighted by Gasteiger charge is -2.08. The molecule has 3 aromatic carbocycles. The normalized spacial score (nSPS) is 10.6. The lowest BCUT2D eigenvalue weighted by molar-refractivity contribution is 0.0735. The van der Waals surface area contributed by atoms with Crippen molar-refractivity contribution >= 4 is 27.5 Å². The summed E-state index contributed by atoms with van der Waals surface area (Å²) in [6, 6.07) is 27.9. The van der Waals surface area contributed by atoms with E-state index in [0.717, 1.165) is 21.3 Å². The van der Waals surface area contributed by atoms with Crippen molar-refractivity contribution in [2.45, 2.75) is 0 Å². The third kappa shape index (κ3) is 3.85. The maximum Gasteiger partial charge on any atom is 0.345 e. The van der Waals surface area contributed by atoms with Gasteiger partial charge in [-0.25, -0.2) is 9.78 Å². The summed E-state index contributed by atoms with van der Waals surface area (Å²) in [5.41, 5.74) is 4.30. The largest absolute Gasteiger partial charge is 0.423 e. The van der Waals surface area contributed by atoms with E-state index in [0.29, 0.717) is 27.6 Å². The Morgan fingerprint density at radius 1 is 0.875 bits per heavy atom. The molecule has 0 atom stereocenters. The first-order chi connectivity index (χ1) is 15.7. The molecule has 0 fully saturated rings. The van der Waals surface area contributed by atoms with Crippen LogP contribution in [0.15, 0.2) is 91.1 Å². The first-order valence-electron chi connectivity index (χ1n) is 9.85. The van der Waals surface area contributed by atoms with Gasteiger partial charge >= 0.3 is 5.97 Å². The van der Waals surface area contributed by atoms with E-state index in [-0.39, 0.29) is 0 Å². The molecular weight excluding hydrogens is 418 g/mol. The molecule has 2 heterocycles. The number of ether oxygens (including phenoxy) is 1. The minimum Gasteiger partial charge on any atom is -0.423 e. The Bertz CT molecular complexity index is 1430. The molecule has 0 amide bonds. The van der Waals surface area contributed by atoms with Crippen LogP contribution in [0.25, 0.3) is 32.0 Å². The summed E-state index contributed by atoms with van der Waals surface area (Å²) in [6.07, 6.45) is 1.64. The highest BCUT2D eigenvalue weighted by atomic mass is 32.1. The number of hydrogen-bond acceptors (Lipinski definition) is 6. The number of carbonyl (C=O) groups excluding carboxylic acids is 1. The van der Waals surface area contributed by atoms with E-state index in [2.05, 4.69) is 16.0 Å². The molecule has 32 heavy (non-hydrogen) atoms. The molecule has 5 rings (SSSR count). The second kappa shape index (κ2) is 8.42. The summed E-state index contributed by atoms with van der Waals surface area (Å²) in [5.74, 6) is -0.0509. The van der Waals surface area contributed by atoms with Crippen LogP contribution in [0.5, 0.6) is 5.75 Å². The fourth-order valence-corrected chi connectivity index (χ4v) is 4.31. The number of esters is 1. The van der Waals surface area contributed by atoms with E-state index >= 15 is 0 Å². The molecule has 5 nitrogen and oxygen atoms in total. The lowest BCUT2D eigenvalue weighted by atomic mass is 10.0. The Hall–Kier alpha value is -4.34. The number of nitrogens with zero attached hydrogens (tertiary/aromatic N) is 3. The summed E-state index contributed by atoms with van der Waals surface area (Å²) < 4.78 is 6.65. The Labute approximate surface area is 188 Å². The van der Waals surface area contributed by atoms with Crippen LogP contribution in [0.1, 0.15) is 15.9 Å². The smallest absolute Gasteiger partial charge is 0.345 e. The van der Waals surface area contributed by atoms with Gasteiger partial charge in [-0.2, -0.15) is 5.26 Å². The minimum atomic E-state index is -0.488. The molecule has 0 aliphatic heterocycles. The number of fused-ring (bicyclic) bond motifs is 1. The predicted molar refractivity (Wildman–Crippen MR) is 124 cm³/mol. The quantitative estimate of drug-likeness (QED) is 0.252. The summed E-state index contributed by atoms with van der Waals surface area (Å²) in [7, 11) is 0. The molecule has 0 saturated carbocycles. The third-order valence-corrected chi connectivity index (χ3v) is 5.98. The summed E-state index contributed by atoms with van der Waals surface area (Å²) in [4.78, 5) is 22.0. The number of rotatable bonds is 4. The second-order valence-electron chi connectivity index (χ2n) is 6.99. The van der Waals surface area contributed by atoms with Gasteiger partial charge in [0.25, 0.3) is 0 Å². The fraction of sp³-hybridized carbons (Fsp3) is 0. The monoisotopic (exact) mass is 433 g/mol. The number of carbonyl (C=O) groups is 1. The van der Waals surface area contributed by atoms with Crippen molar-refractivity contribution in [3.63, 3.8) is 0 Å². The number of benzene rings is 3. The van der Waals surface area contributed by atoms with Gasteiger partial charge < -0.3 is 4.74 Å². The number of pyridine rings is 1. The SMILES string of the molecule is N#Cc1ccc(-c2ccc(OC(=O)c3cccnc3-c3nc4ccccc4s3)cc2)cc1. The molecule has 2 aromatic heterocycles. The highest BCUT2D eigenvalue weighted by Crippen LogP contribution is 2.31. The molecule has 6 heteroatoms. The molecule has 152 valence electrons. The highest BCUT2D eigenvalue weighted by Gasteiger charge is 2.19. The van der Waals surface area contributed by atoms with Gasteiger partial charge in [-0.3, -0.25) is 4.98 Å². The molecule has 0 aliphatic rings. The molecule has 0 spiro atoms. The van der Waals surface area contributed by atoms with Crippen molar-refractivity contribution in [3.05, 3.63) is 102 Å². The van der Waals surface area contributed by atoms with E-state index < -0.39 is 5.97 Å². The van der Waals surface area contributed by atoms with Crippen LogP contribution in [0.4, 0.5) is 0 Å². The number of nitriles is 1. The zero-order chi connectivity index (χ0) is 21.9. The van der Waals surface area contributed by atoms with Gasteiger partial charge in [0.1, 0.15) is 16.5 Å². The van der Waals surface area contributed by atoms with Gasteiger partial charge in [0.15, 0.2) is 0 Å². The van der Waals surface area contributed by atoms with Gasteiger partial charge in [-0.05, 0) is 59.7 Å². The zero-order valence-electron chi connectivity index (χ0n) is 16.7. The van der Waals surface area contributed by atoms with Crippen LogP contribution < -0.4 is 4.74 Å². The van der Waals surface area contributed by atoms with Crippen LogP contribution in [-0.4, -0.2) is 15.9 Å². The first-order valence-corrected chi connectivity index (χ1v) is 10.7. The van der Waals surface area contributed by atoms with Gasteiger partial charge in [0, 0.05) is 6.20 Å². The number of hydrogen-bond donors (Lipinski definition) is 0. The van der Waals surface area contributed by atoms with Crippen molar-refractivity contribution in [2.75, 3.05) is 0 Å². The van der Waals surface area contributed by atoms with E-state index in [1.165, 1.54) is 11.3 Å². The topological polar surface area (TPSA) is 75.9 Å². The molecule has 5 aromatic rings. The van der Waals surface area contributed by atoms with Crippen molar-refractivity contribution in [1.82, 2.24) is 9.97 Å². The maximum absolute atomic E-state index is 12.9. The van der Waals surface area contributed by atoms with Crippen LogP contribution in [0, 0.1) is 11.3 Å². The fourth-order valence-electron chi connectivity index (χ4n) is 3.33. The van der Waals surface area contributed by atoms with Gasteiger partial charge in [-0.15, -0.1) is 11.3 Å². The summed E-state index contributed by atoms with van der Waals surface area (Å²) in [5, 5.41) is 9.61. The Balaban J connectivity index is 1.39. The summed E-state index contributed by atoms with van der Waals surface area (Å²) >= 11 is 1.49. The summed E-state index contributed by atoms with van der Waals surface area (Å²) in [6.45, 7) is 0. The van der Waals surface area contributed by atoms with Gasteiger partial charge in [0.05, 0.1) is 27.4 Å². The lowest BCUT2D eigenvalue weighted by Crippen LogP contribution is -2.10. The number of aromatic nitrogens is 2. The molecule has 0 N–H and O–H groups in total. The predicted octanol–water partition coefficient (Wildman–Crippen LogP) is 6.12. The molecule has 0 radical (unpaired) electrons. The van der Waals surface area contributed by atoms with E-state index in [1.807, 2.05) is 48.5 Å². The molecule has 0 saturated heterocycles. The Morgan fingerprint density at radius 3 is 2.31 bits per heavy atom. The molecule has 0 aliphatic carbocycles. The minimum absolute atomic E-state index is 0.364. The van der Waals surface area contributed by atoms with Crippen LogP contribution in [0.2, 0.25) is 0 Å². The first kappa shape index (κ1) is 19.6. The number of para-hydroxylation sites is 1. The third-order valence-electron chi connectivity index (χ3n) is 4.94. The Morgan fingerprint density at radius 2 is 1.59 bits per heavy atom. The van der Waals surface area contributed by atoms with E-state index in [1.54, 1.807) is 42.6 Å². The Kier molecular flexibility index (Phi) is 5.16. The van der Waals surface area contributed by atoms with Crippen molar-refractivity contribution in [2.24, 2.45) is 0 Å². The van der Waals surface area contributed by atoms with Crippen molar-refractivity contribution in [1.29, 1.82) is 5.26 Å². The molecular formula is C26H15N3O2S. The van der Waals surface area contributed by atoms with Crippen LogP contribution in [-0.2, 0) is 0 Å². The number of thiazole rings is 1. The van der Waals surface area contributed by atoms with E-state index in [9.17, 15) is 4.79 Å². The molecule has 0 bridgehead atoms. The van der Waals surface area contributed by atoms with Crippen molar-refractivity contribution < 1.29 is 9.53 Å². The van der Waals surface area contributed by atoms with Gasteiger partial charge in [0.2, 0.25) is 0 Å². The highest BCUT2D eigenvalue weighted by molar-refractivity contribution is 7.21. The van der Waals surface area contributed by atoms with Crippen molar-refractivity contribution in [3.8, 4) is 33.6 Å². The zero-order valence-corrected chi connectivity index (χ0v) is 17.5. The maximum atomic E-state index is 12.9. The molecule has 0 unspecified atom stereocenters. The van der Waals surface area contributed by atoms with Crippen LogP contribution in [0.3, 0.4) is 0 Å². The average molecular weight is 433 g/mol. The van der Waals surface area contributed by atoms with Gasteiger partial charge in [-0.1, -0.05) is 36.4 Å².